The molecule has 0 aromatic heterocycles. The lowest BCUT2D eigenvalue weighted by atomic mass is 10.0. The van der Waals surface area contributed by atoms with E-state index in [4.69, 9.17) is 10.5 Å². The second-order valence-corrected chi connectivity index (χ2v) is 3.35. The Balaban J connectivity index is 3.19. The summed E-state index contributed by atoms with van der Waals surface area (Å²) >= 11 is 0. The molecule has 2 atom stereocenters. The number of rotatable bonds is 3. The topological polar surface area (TPSA) is 75.7 Å². The van der Waals surface area contributed by atoms with Crippen LogP contribution >= 0.6 is 0 Å². The first-order valence-corrected chi connectivity index (χ1v) is 4.47. The van der Waals surface area contributed by atoms with Gasteiger partial charge in [-0.25, -0.2) is 4.39 Å². The molecule has 0 aliphatic carbocycles. The van der Waals surface area contributed by atoms with Crippen LogP contribution in [-0.2, 0) is 0 Å². The minimum atomic E-state index is -1.24. The third kappa shape index (κ3) is 2.37. The van der Waals surface area contributed by atoms with E-state index in [9.17, 15) is 14.6 Å². The zero-order valence-electron chi connectivity index (χ0n) is 8.57. The van der Waals surface area contributed by atoms with Crippen LogP contribution in [0.15, 0.2) is 12.1 Å². The highest BCUT2D eigenvalue weighted by molar-refractivity contribution is 5.42. The van der Waals surface area contributed by atoms with Gasteiger partial charge in [-0.15, -0.1) is 0 Å². The number of phenols is 1. The predicted octanol–water partition coefficient (Wildman–Crippen LogP) is 0.921. The first-order valence-electron chi connectivity index (χ1n) is 4.47. The smallest absolute Gasteiger partial charge is 0.136 e. The highest BCUT2D eigenvalue weighted by atomic mass is 19.1. The summed E-state index contributed by atoms with van der Waals surface area (Å²) in [6.45, 7) is 1.52. The Morgan fingerprint density at radius 2 is 2.07 bits per heavy atom. The van der Waals surface area contributed by atoms with Gasteiger partial charge in [0.05, 0.1) is 12.7 Å². The number of ether oxygens (including phenoxy) is 1. The number of aromatic hydroxyl groups is 1. The fraction of sp³-hybridized carbons (Fsp3) is 0.400. The average molecular weight is 215 g/mol. The Bertz CT molecular complexity index is 332. The van der Waals surface area contributed by atoms with Crippen LogP contribution < -0.4 is 10.5 Å². The SMILES string of the molecule is COc1cc(O)c(C(O)C(C)N)c(F)c1. The van der Waals surface area contributed by atoms with Gasteiger partial charge in [-0.1, -0.05) is 0 Å². The molecule has 0 amide bonds. The van der Waals surface area contributed by atoms with E-state index in [0.717, 1.165) is 6.07 Å². The quantitative estimate of drug-likeness (QED) is 0.700. The summed E-state index contributed by atoms with van der Waals surface area (Å²) in [7, 11) is 1.36. The van der Waals surface area contributed by atoms with Gasteiger partial charge >= 0.3 is 0 Å². The first kappa shape index (κ1) is 11.7. The summed E-state index contributed by atoms with van der Waals surface area (Å²) in [4.78, 5) is 0. The lowest BCUT2D eigenvalue weighted by molar-refractivity contribution is 0.145. The normalized spacial score (nSPS) is 14.7. The van der Waals surface area contributed by atoms with Crippen molar-refractivity contribution >= 4 is 0 Å². The van der Waals surface area contributed by atoms with Gasteiger partial charge in [0.2, 0.25) is 0 Å². The van der Waals surface area contributed by atoms with Crippen molar-refractivity contribution < 1.29 is 19.3 Å². The maximum atomic E-state index is 13.5. The lowest BCUT2D eigenvalue weighted by Crippen LogP contribution is -2.25. The van der Waals surface area contributed by atoms with Gasteiger partial charge in [0.15, 0.2) is 0 Å². The second kappa shape index (κ2) is 4.46. The van der Waals surface area contributed by atoms with Crippen molar-refractivity contribution in [3.05, 3.63) is 23.5 Å². The molecule has 0 heterocycles. The Morgan fingerprint density at radius 3 is 2.47 bits per heavy atom. The molecule has 4 N–H and O–H groups in total. The van der Waals surface area contributed by atoms with Crippen LogP contribution in [-0.4, -0.2) is 23.4 Å². The molecule has 1 aromatic carbocycles. The average Bonchev–Trinajstić information content (AvgIpc) is 2.16. The number of hydrogen-bond acceptors (Lipinski definition) is 4. The van der Waals surface area contributed by atoms with Crippen LogP contribution in [0.3, 0.4) is 0 Å². The molecule has 4 nitrogen and oxygen atoms in total. The van der Waals surface area contributed by atoms with Crippen LogP contribution in [0.1, 0.15) is 18.6 Å². The molecule has 1 aromatic rings. The maximum Gasteiger partial charge on any atom is 0.136 e. The summed E-state index contributed by atoms with van der Waals surface area (Å²) in [6.07, 6.45) is -1.24. The number of hydrogen-bond donors (Lipinski definition) is 3. The maximum absolute atomic E-state index is 13.5. The van der Waals surface area contributed by atoms with Crippen LogP contribution in [0, 0.1) is 5.82 Å². The molecule has 1 rings (SSSR count). The van der Waals surface area contributed by atoms with Crippen molar-refractivity contribution in [2.24, 2.45) is 5.73 Å². The Morgan fingerprint density at radius 1 is 1.47 bits per heavy atom. The summed E-state index contributed by atoms with van der Waals surface area (Å²) in [6, 6.07) is 1.64. The van der Waals surface area contributed by atoms with E-state index < -0.39 is 18.0 Å². The van der Waals surface area contributed by atoms with Crippen LogP contribution in [0.2, 0.25) is 0 Å². The molecule has 0 fully saturated rings. The summed E-state index contributed by atoms with van der Waals surface area (Å²) in [5, 5.41) is 19.0. The van der Waals surface area contributed by atoms with Gasteiger partial charge < -0.3 is 20.7 Å². The molecule has 0 spiro atoms. The number of methoxy groups -OCH3 is 1. The monoisotopic (exact) mass is 215 g/mol. The van der Waals surface area contributed by atoms with Crippen LogP contribution in [0.4, 0.5) is 4.39 Å². The van der Waals surface area contributed by atoms with Crippen molar-refractivity contribution in [1.29, 1.82) is 0 Å². The van der Waals surface area contributed by atoms with Gasteiger partial charge in [-0.05, 0) is 6.92 Å². The fourth-order valence-electron chi connectivity index (χ4n) is 1.25. The van der Waals surface area contributed by atoms with E-state index in [1.807, 2.05) is 0 Å². The van der Waals surface area contributed by atoms with Crippen molar-refractivity contribution in [3.63, 3.8) is 0 Å². The van der Waals surface area contributed by atoms with Crippen molar-refractivity contribution in [2.45, 2.75) is 19.1 Å². The number of benzene rings is 1. The van der Waals surface area contributed by atoms with Gasteiger partial charge in [0, 0.05) is 18.2 Å². The molecule has 2 unspecified atom stereocenters. The highest BCUT2D eigenvalue weighted by Gasteiger charge is 2.21. The number of aliphatic hydroxyl groups is 1. The Kier molecular flexibility index (Phi) is 3.49. The summed E-state index contributed by atoms with van der Waals surface area (Å²) < 4.78 is 18.2. The van der Waals surface area contributed by atoms with E-state index in [1.165, 1.54) is 20.1 Å². The minimum Gasteiger partial charge on any atom is -0.507 e. The zero-order chi connectivity index (χ0) is 11.6. The lowest BCUT2D eigenvalue weighted by Gasteiger charge is -2.17. The fourth-order valence-corrected chi connectivity index (χ4v) is 1.25. The van der Waals surface area contributed by atoms with E-state index in [0.29, 0.717) is 0 Å². The van der Waals surface area contributed by atoms with Crippen molar-refractivity contribution in [3.8, 4) is 11.5 Å². The molecular weight excluding hydrogens is 201 g/mol. The molecular formula is C10H14FNO3. The van der Waals surface area contributed by atoms with Crippen molar-refractivity contribution in [2.75, 3.05) is 7.11 Å². The van der Waals surface area contributed by atoms with Crippen molar-refractivity contribution in [1.82, 2.24) is 0 Å². The zero-order valence-corrected chi connectivity index (χ0v) is 8.57. The predicted molar refractivity (Wildman–Crippen MR) is 53.2 cm³/mol. The molecule has 0 bridgehead atoms. The number of aliphatic hydroxyl groups excluding tert-OH is 1. The molecule has 0 saturated carbocycles. The molecule has 0 radical (unpaired) electrons. The van der Waals surface area contributed by atoms with Gasteiger partial charge in [0.25, 0.3) is 0 Å². The van der Waals surface area contributed by atoms with Gasteiger partial charge in [0.1, 0.15) is 23.4 Å². The van der Waals surface area contributed by atoms with E-state index >= 15 is 0 Å². The second-order valence-electron chi connectivity index (χ2n) is 3.35. The molecule has 0 aliphatic heterocycles. The number of phenolic OH excluding ortho intramolecular Hbond substituents is 1. The Labute approximate surface area is 87.1 Å². The first-order chi connectivity index (χ1) is 6.97. The summed E-state index contributed by atoms with van der Waals surface area (Å²) in [5.74, 6) is -0.918. The Hall–Kier alpha value is -1.33. The van der Waals surface area contributed by atoms with E-state index in [2.05, 4.69) is 0 Å². The summed E-state index contributed by atoms with van der Waals surface area (Å²) in [5.41, 5.74) is 5.21. The number of halogens is 1. The standard InChI is InChI=1S/C10H14FNO3/c1-5(12)10(14)9-7(11)3-6(15-2)4-8(9)13/h3-5,10,13-14H,12H2,1-2H3. The third-order valence-corrected chi connectivity index (χ3v) is 2.11. The molecule has 15 heavy (non-hydrogen) atoms. The van der Waals surface area contributed by atoms with Gasteiger partial charge in [-0.3, -0.25) is 0 Å². The van der Waals surface area contributed by atoms with Crippen LogP contribution in [0.5, 0.6) is 11.5 Å². The van der Waals surface area contributed by atoms with E-state index in [1.54, 1.807) is 0 Å². The van der Waals surface area contributed by atoms with Crippen LogP contribution in [0.25, 0.3) is 0 Å². The molecule has 0 aliphatic rings. The third-order valence-electron chi connectivity index (χ3n) is 2.11. The number of nitrogens with two attached hydrogens (primary N) is 1. The molecule has 5 heteroatoms. The largest absolute Gasteiger partial charge is 0.507 e. The van der Waals surface area contributed by atoms with E-state index in [-0.39, 0.29) is 17.1 Å². The molecule has 0 saturated heterocycles. The van der Waals surface area contributed by atoms with Gasteiger partial charge in [-0.2, -0.15) is 0 Å². The molecule has 84 valence electrons. The highest BCUT2D eigenvalue weighted by Crippen LogP contribution is 2.32. The minimum absolute atomic E-state index is 0.186.